The molecule has 1 aliphatic rings. The number of allylic oxidation sites excluding steroid dienone is 1. The summed E-state index contributed by atoms with van der Waals surface area (Å²) in [5, 5.41) is 0. The van der Waals surface area contributed by atoms with Gasteiger partial charge in [0.1, 0.15) is 6.10 Å². The molecule has 17 heavy (non-hydrogen) atoms. The minimum atomic E-state index is -0.0428. The molecule has 1 rings (SSSR count). The van der Waals surface area contributed by atoms with Crippen molar-refractivity contribution in [1.29, 1.82) is 0 Å². The van der Waals surface area contributed by atoms with Crippen LogP contribution in [0.1, 0.15) is 52.9 Å². The second-order valence-electron chi connectivity index (χ2n) is 5.32. The fraction of sp³-hybridized carbons (Fsp3) is 0.733. The Hall–Kier alpha value is -0.790. The molecule has 0 N–H and O–H groups in total. The van der Waals surface area contributed by atoms with E-state index in [0.717, 1.165) is 25.7 Å². The van der Waals surface area contributed by atoms with Crippen LogP contribution in [-0.2, 0) is 9.53 Å². The fourth-order valence-electron chi connectivity index (χ4n) is 1.97. The molecule has 0 spiro atoms. The number of esters is 1. The lowest BCUT2D eigenvalue weighted by atomic mass is 9.98. The van der Waals surface area contributed by atoms with Crippen molar-refractivity contribution in [1.82, 2.24) is 0 Å². The largest absolute Gasteiger partial charge is 0.462 e. The molecule has 0 saturated carbocycles. The maximum Gasteiger partial charge on any atom is 0.306 e. The lowest BCUT2D eigenvalue weighted by Crippen LogP contribution is -2.23. The molecule has 0 amide bonds. The molecule has 1 heterocycles. The number of rotatable bonds is 1. The summed E-state index contributed by atoms with van der Waals surface area (Å²) in [4.78, 5) is 11.6. The van der Waals surface area contributed by atoms with Gasteiger partial charge in [-0.1, -0.05) is 32.9 Å². The normalized spacial score (nSPS) is 30.2. The van der Waals surface area contributed by atoms with Crippen LogP contribution in [-0.4, -0.2) is 12.1 Å². The van der Waals surface area contributed by atoms with Crippen molar-refractivity contribution in [2.24, 2.45) is 11.8 Å². The van der Waals surface area contributed by atoms with Crippen LogP contribution in [0, 0.1) is 18.3 Å². The Morgan fingerprint density at radius 3 is 2.71 bits per heavy atom. The number of ether oxygens (including phenoxy) is 1. The third-order valence-corrected chi connectivity index (χ3v) is 3.22. The monoisotopic (exact) mass is 237 g/mol. The van der Waals surface area contributed by atoms with E-state index in [-0.39, 0.29) is 12.1 Å². The van der Waals surface area contributed by atoms with Crippen LogP contribution in [0.4, 0.5) is 0 Å². The SMILES string of the molecule is CC1[CH]CCCC(=O)OC(C(C)C)C/C=C/C1. The standard InChI is InChI=1S/C15H25O2/c1-12(2)14-10-6-4-8-13(3)9-5-7-11-15(16)17-14/h4,6,9,12-14H,5,7-8,10-11H2,1-3H3/b6-4+. The first kappa shape index (κ1) is 14.3. The molecule has 0 bridgehead atoms. The van der Waals surface area contributed by atoms with Gasteiger partial charge in [0.15, 0.2) is 0 Å². The minimum absolute atomic E-state index is 0.0393. The van der Waals surface area contributed by atoms with Gasteiger partial charge in [0.25, 0.3) is 0 Å². The molecular weight excluding hydrogens is 212 g/mol. The topological polar surface area (TPSA) is 26.3 Å². The van der Waals surface area contributed by atoms with E-state index in [2.05, 4.69) is 39.3 Å². The van der Waals surface area contributed by atoms with Crippen LogP contribution < -0.4 is 0 Å². The zero-order chi connectivity index (χ0) is 12.7. The molecular formula is C15H25O2. The second-order valence-corrected chi connectivity index (χ2v) is 5.32. The van der Waals surface area contributed by atoms with Crippen LogP contribution in [0.25, 0.3) is 0 Å². The van der Waals surface area contributed by atoms with Crippen LogP contribution in [0.15, 0.2) is 12.2 Å². The lowest BCUT2D eigenvalue weighted by molar-refractivity contribution is -0.151. The van der Waals surface area contributed by atoms with Gasteiger partial charge in [-0.15, -0.1) is 0 Å². The molecule has 0 fully saturated rings. The van der Waals surface area contributed by atoms with Crippen LogP contribution in [0.5, 0.6) is 0 Å². The van der Waals surface area contributed by atoms with Gasteiger partial charge >= 0.3 is 5.97 Å². The van der Waals surface area contributed by atoms with Gasteiger partial charge in [-0.05, 0) is 37.5 Å². The average Bonchev–Trinajstić information content (AvgIpc) is 2.26. The highest BCUT2D eigenvalue weighted by Gasteiger charge is 2.17. The van der Waals surface area contributed by atoms with Gasteiger partial charge < -0.3 is 4.74 Å². The van der Waals surface area contributed by atoms with Crippen molar-refractivity contribution in [3.05, 3.63) is 18.6 Å². The van der Waals surface area contributed by atoms with Crippen molar-refractivity contribution in [3.8, 4) is 0 Å². The predicted octanol–water partition coefficient (Wildman–Crippen LogP) is 3.91. The Kier molecular flexibility index (Phi) is 6.31. The van der Waals surface area contributed by atoms with Gasteiger partial charge in [-0.3, -0.25) is 4.79 Å². The summed E-state index contributed by atoms with van der Waals surface area (Å²) in [6.07, 6.45) is 11.1. The Labute approximate surface area is 105 Å². The molecule has 0 aromatic carbocycles. The molecule has 2 unspecified atom stereocenters. The Bertz CT molecular complexity index is 256. The van der Waals surface area contributed by atoms with Gasteiger partial charge in [0.05, 0.1) is 0 Å². The van der Waals surface area contributed by atoms with Gasteiger partial charge in [-0.2, -0.15) is 0 Å². The third-order valence-electron chi connectivity index (χ3n) is 3.22. The Morgan fingerprint density at radius 2 is 2.00 bits per heavy atom. The third kappa shape index (κ3) is 5.90. The highest BCUT2D eigenvalue weighted by molar-refractivity contribution is 5.69. The predicted molar refractivity (Wildman–Crippen MR) is 70.4 cm³/mol. The molecule has 2 atom stereocenters. The van der Waals surface area contributed by atoms with E-state index in [0.29, 0.717) is 18.3 Å². The number of hydrogen-bond donors (Lipinski definition) is 0. The molecule has 0 aromatic heterocycles. The highest BCUT2D eigenvalue weighted by Crippen LogP contribution is 2.18. The lowest BCUT2D eigenvalue weighted by Gasteiger charge is -2.20. The van der Waals surface area contributed by atoms with Crippen molar-refractivity contribution in [2.75, 3.05) is 0 Å². The van der Waals surface area contributed by atoms with E-state index in [9.17, 15) is 4.79 Å². The molecule has 1 radical (unpaired) electrons. The summed E-state index contributed by atoms with van der Waals surface area (Å²) in [7, 11) is 0. The zero-order valence-corrected chi connectivity index (χ0v) is 11.3. The van der Waals surface area contributed by atoms with Gasteiger partial charge in [-0.25, -0.2) is 0 Å². The van der Waals surface area contributed by atoms with Crippen LogP contribution >= 0.6 is 0 Å². The minimum Gasteiger partial charge on any atom is -0.462 e. The van der Waals surface area contributed by atoms with E-state index >= 15 is 0 Å². The Balaban J connectivity index is 2.57. The van der Waals surface area contributed by atoms with Crippen molar-refractivity contribution >= 4 is 5.97 Å². The number of cyclic esters (lactones) is 1. The smallest absolute Gasteiger partial charge is 0.306 e. The molecule has 2 nitrogen and oxygen atoms in total. The van der Waals surface area contributed by atoms with E-state index in [1.807, 2.05) is 0 Å². The summed E-state index contributed by atoms with van der Waals surface area (Å²) >= 11 is 0. The average molecular weight is 237 g/mol. The fourth-order valence-corrected chi connectivity index (χ4v) is 1.97. The quantitative estimate of drug-likeness (QED) is 0.510. The molecule has 2 heteroatoms. The van der Waals surface area contributed by atoms with E-state index in [1.54, 1.807) is 0 Å². The van der Waals surface area contributed by atoms with E-state index < -0.39 is 0 Å². The van der Waals surface area contributed by atoms with Gasteiger partial charge in [0, 0.05) is 12.8 Å². The number of carbonyl (C=O) groups is 1. The van der Waals surface area contributed by atoms with Crippen LogP contribution in [0.2, 0.25) is 0 Å². The Morgan fingerprint density at radius 1 is 1.29 bits per heavy atom. The zero-order valence-electron chi connectivity index (χ0n) is 11.3. The van der Waals surface area contributed by atoms with Crippen molar-refractivity contribution in [3.63, 3.8) is 0 Å². The van der Waals surface area contributed by atoms with Crippen molar-refractivity contribution in [2.45, 2.75) is 59.0 Å². The molecule has 0 aromatic rings. The van der Waals surface area contributed by atoms with Gasteiger partial charge in [0.2, 0.25) is 0 Å². The maximum atomic E-state index is 11.6. The summed E-state index contributed by atoms with van der Waals surface area (Å²) in [5.41, 5.74) is 0. The highest BCUT2D eigenvalue weighted by atomic mass is 16.5. The summed E-state index contributed by atoms with van der Waals surface area (Å²) < 4.78 is 5.51. The molecule has 0 aliphatic carbocycles. The summed E-state index contributed by atoms with van der Waals surface area (Å²) in [6.45, 7) is 6.44. The molecule has 1 aliphatic heterocycles. The first-order valence-corrected chi connectivity index (χ1v) is 6.77. The summed E-state index contributed by atoms with van der Waals surface area (Å²) in [6, 6.07) is 0. The van der Waals surface area contributed by atoms with E-state index in [1.165, 1.54) is 0 Å². The molecule has 97 valence electrons. The first-order chi connectivity index (χ1) is 8.09. The maximum absolute atomic E-state index is 11.6. The van der Waals surface area contributed by atoms with Crippen LogP contribution in [0.3, 0.4) is 0 Å². The summed E-state index contributed by atoms with van der Waals surface area (Å²) in [5.74, 6) is 0.952. The number of hydrogen-bond acceptors (Lipinski definition) is 2. The second kappa shape index (κ2) is 7.52. The number of carbonyl (C=O) groups excluding carboxylic acids is 1. The van der Waals surface area contributed by atoms with Crippen molar-refractivity contribution < 1.29 is 9.53 Å². The van der Waals surface area contributed by atoms with E-state index in [4.69, 9.17) is 4.74 Å². The first-order valence-electron chi connectivity index (χ1n) is 6.77. The molecule has 0 saturated heterocycles.